The first-order chi connectivity index (χ1) is 13.8. The number of amides is 2. The summed E-state index contributed by atoms with van der Waals surface area (Å²) in [6.45, 7) is 7.68. The molecular formula is C20H31N5O4. The molecule has 2 amide bonds. The molecule has 9 heteroatoms. The number of benzene rings is 1. The molecule has 29 heavy (non-hydrogen) atoms. The summed E-state index contributed by atoms with van der Waals surface area (Å²) in [5.41, 5.74) is 0.289. The molecule has 0 saturated carbocycles. The zero-order valence-corrected chi connectivity index (χ0v) is 17.6. The fraction of sp³-hybridized carbons (Fsp3) is 0.550. The van der Waals surface area contributed by atoms with Gasteiger partial charge in [-0.2, -0.15) is 0 Å². The first-order valence-electron chi connectivity index (χ1n) is 9.74. The molecule has 0 saturated heterocycles. The van der Waals surface area contributed by atoms with E-state index in [2.05, 4.69) is 20.9 Å². The van der Waals surface area contributed by atoms with E-state index in [9.17, 15) is 9.59 Å². The molecule has 0 spiro atoms. The van der Waals surface area contributed by atoms with Gasteiger partial charge in [-0.1, -0.05) is 12.1 Å². The van der Waals surface area contributed by atoms with Crippen molar-refractivity contribution in [3.63, 3.8) is 0 Å². The number of fused-ring (bicyclic) bond motifs is 1. The third-order valence-electron chi connectivity index (χ3n) is 3.97. The number of aliphatic imine (C=N–C) groups is 1. The maximum atomic E-state index is 12.2. The van der Waals surface area contributed by atoms with Gasteiger partial charge in [-0.3, -0.25) is 9.79 Å². The van der Waals surface area contributed by atoms with Gasteiger partial charge < -0.3 is 30.3 Å². The van der Waals surface area contributed by atoms with Gasteiger partial charge >= 0.3 is 6.09 Å². The van der Waals surface area contributed by atoms with E-state index < -0.39 is 11.7 Å². The summed E-state index contributed by atoms with van der Waals surface area (Å²) in [6, 6.07) is 7.53. The number of ether oxygens (including phenoxy) is 2. The van der Waals surface area contributed by atoms with Crippen molar-refractivity contribution in [1.29, 1.82) is 0 Å². The molecule has 0 unspecified atom stereocenters. The number of para-hydroxylation sites is 2. The molecule has 160 valence electrons. The van der Waals surface area contributed by atoms with Crippen molar-refractivity contribution in [3.05, 3.63) is 24.3 Å². The number of anilines is 1. The Morgan fingerprint density at radius 3 is 2.59 bits per heavy atom. The van der Waals surface area contributed by atoms with Crippen molar-refractivity contribution in [2.45, 2.75) is 32.8 Å². The van der Waals surface area contributed by atoms with Crippen molar-refractivity contribution in [2.24, 2.45) is 4.99 Å². The van der Waals surface area contributed by atoms with Crippen LogP contribution in [0.4, 0.5) is 10.5 Å². The second kappa shape index (κ2) is 10.5. The first-order valence-corrected chi connectivity index (χ1v) is 9.74. The zero-order chi connectivity index (χ0) is 21.3. The molecule has 1 heterocycles. The molecule has 0 radical (unpaired) electrons. The molecular weight excluding hydrogens is 374 g/mol. The van der Waals surface area contributed by atoms with Gasteiger partial charge in [0.15, 0.2) is 12.6 Å². The largest absolute Gasteiger partial charge is 0.482 e. The lowest BCUT2D eigenvalue weighted by Crippen LogP contribution is -2.44. The average Bonchev–Trinajstić information content (AvgIpc) is 2.66. The predicted molar refractivity (Wildman–Crippen MR) is 113 cm³/mol. The van der Waals surface area contributed by atoms with Crippen LogP contribution >= 0.6 is 0 Å². The average molecular weight is 405 g/mol. The Labute approximate surface area is 171 Å². The summed E-state index contributed by atoms with van der Waals surface area (Å²) in [5, 5.41) is 9.00. The van der Waals surface area contributed by atoms with Crippen LogP contribution in [-0.2, 0) is 9.53 Å². The summed E-state index contributed by atoms with van der Waals surface area (Å²) >= 11 is 0. The van der Waals surface area contributed by atoms with E-state index in [4.69, 9.17) is 9.47 Å². The highest BCUT2D eigenvalue weighted by Crippen LogP contribution is 2.31. The number of hydrogen-bond acceptors (Lipinski definition) is 5. The van der Waals surface area contributed by atoms with Gasteiger partial charge in [0.2, 0.25) is 0 Å². The maximum Gasteiger partial charge on any atom is 0.407 e. The highest BCUT2D eigenvalue weighted by Gasteiger charge is 2.24. The number of carbonyl (C=O) groups excluding carboxylic acids is 2. The van der Waals surface area contributed by atoms with Crippen molar-refractivity contribution >= 4 is 23.6 Å². The van der Waals surface area contributed by atoms with Gasteiger partial charge in [-0.15, -0.1) is 0 Å². The van der Waals surface area contributed by atoms with Crippen molar-refractivity contribution < 1.29 is 19.1 Å². The topological polar surface area (TPSA) is 104 Å². The number of alkyl carbamates (subject to hydrolysis) is 1. The second-order valence-corrected chi connectivity index (χ2v) is 7.51. The zero-order valence-electron chi connectivity index (χ0n) is 17.6. The number of nitrogens with one attached hydrogen (secondary N) is 3. The Morgan fingerprint density at radius 1 is 1.17 bits per heavy atom. The lowest BCUT2D eigenvalue weighted by molar-refractivity contribution is -0.121. The minimum absolute atomic E-state index is 0.0422. The predicted octanol–water partition coefficient (Wildman–Crippen LogP) is 1.49. The molecule has 2 rings (SSSR count). The van der Waals surface area contributed by atoms with Crippen LogP contribution in [0.5, 0.6) is 5.75 Å². The fourth-order valence-corrected chi connectivity index (χ4v) is 2.72. The van der Waals surface area contributed by atoms with E-state index in [1.807, 2.05) is 45.0 Å². The summed E-state index contributed by atoms with van der Waals surface area (Å²) in [6.07, 6.45) is 0.300. The Kier molecular flexibility index (Phi) is 8.11. The highest BCUT2D eigenvalue weighted by molar-refractivity contribution is 5.97. The van der Waals surface area contributed by atoms with Crippen LogP contribution in [0.1, 0.15) is 27.2 Å². The van der Waals surface area contributed by atoms with E-state index in [0.29, 0.717) is 32.1 Å². The highest BCUT2D eigenvalue weighted by atomic mass is 16.6. The third-order valence-corrected chi connectivity index (χ3v) is 3.97. The minimum atomic E-state index is -0.516. The molecule has 1 aliphatic rings. The van der Waals surface area contributed by atoms with Gasteiger partial charge in [-0.25, -0.2) is 4.79 Å². The molecule has 3 N–H and O–H groups in total. The van der Waals surface area contributed by atoms with Crippen LogP contribution in [0.3, 0.4) is 0 Å². The number of carbonyl (C=O) groups is 2. The molecule has 0 atom stereocenters. The molecule has 1 aromatic rings. The molecule has 1 aromatic carbocycles. The normalized spacial score (nSPS) is 14.0. The minimum Gasteiger partial charge on any atom is -0.482 e. The van der Waals surface area contributed by atoms with Crippen molar-refractivity contribution in [3.8, 4) is 5.75 Å². The summed E-state index contributed by atoms with van der Waals surface area (Å²) in [7, 11) is 1.68. The fourth-order valence-electron chi connectivity index (χ4n) is 2.72. The van der Waals surface area contributed by atoms with Gasteiger partial charge in [0.05, 0.1) is 5.69 Å². The smallest absolute Gasteiger partial charge is 0.407 e. The summed E-state index contributed by atoms with van der Waals surface area (Å²) < 4.78 is 10.6. The molecule has 9 nitrogen and oxygen atoms in total. The van der Waals surface area contributed by atoms with Crippen LogP contribution in [0, 0.1) is 0 Å². The quantitative estimate of drug-likeness (QED) is 0.361. The van der Waals surface area contributed by atoms with Gasteiger partial charge in [-0.05, 0) is 39.3 Å². The van der Waals surface area contributed by atoms with Crippen LogP contribution in [0.25, 0.3) is 0 Å². The van der Waals surface area contributed by atoms with E-state index in [-0.39, 0.29) is 12.5 Å². The van der Waals surface area contributed by atoms with Crippen LogP contribution in [-0.4, -0.2) is 63.4 Å². The molecule has 0 bridgehead atoms. The Bertz CT molecular complexity index is 730. The van der Waals surface area contributed by atoms with Crippen LogP contribution in [0.2, 0.25) is 0 Å². The number of rotatable bonds is 7. The van der Waals surface area contributed by atoms with E-state index in [1.165, 1.54) is 0 Å². The SMILES string of the molecule is CN=C(NCCCN1C(=O)COc2ccccc21)NCCNC(=O)OC(C)(C)C. The molecule has 0 aliphatic carbocycles. The van der Waals surface area contributed by atoms with E-state index in [0.717, 1.165) is 17.9 Å². The monoisotopic (exact) mass is 405 g/mol. The summed E-state index contributed by atoms with van der Waals surface area (Å²) in [4.78, 5) is 29.7. The third kappa shape index (κ3) is 7.52. The standard InChI is InChI=1S/C20H31N5O4/c1-20(2,3)29-19(27)24-12-11-23-18(21-4)22-10-7-13-25-15-8-5-6-9-16(15)28-14-17(25)26/h5-6,8-9H,7,10-14H2,1-4H3,(H,24,27)(H2,21,22,23). The Balaban J connectivity index is 1.66. The number of nitrogens with zero attached hydrogens (tertiary/aromatic N) is 2. The van der Waals surface area contributed by atoms with E-state index >= 15 is 0 Å². The van der Waals surface area contributed by atoms with Crippen molar-refractivity contribution in [2.75, 3.05) is 44.7 Å². The molecule has 1 aliphatic heterocycles. The molecule has 0 aromatic heterocycles. The van der Waals surface area contributed by atoms with Gasteiger partial charge in [0.25, 0.3) is 5.91 Å². The van der Waals surface area contributed by atoms with Gasteiger partial charge in [0.1, 0.15) is 11.4 Å². The number of hydrogen-bond donors (Lipinski definition) is 3. The lowest BCUT2D eigenvalue weighted by atomic mass is 10.2. The van der Waals surface area contributed by atoms with Gasteiger partial charge in [0, 0.05) is 33.2 Å². The maximum absolute atomic E-state index is 12.2. The lowest BCUT2D eigenvalue weighted by Gasteiger charge is -2.29. The molecule has 0 fully saturated rings. The van der Waals surface area contributed by atoms with Crippen LogP contribution < -0.4 is 25.6 Å². The van der Waals surface area contributed by atoms with E-state index in [1.54, 1.807) is 11.9 Å². The summed E-state index contributed by atoms with van der Waals surface area (Å²) in [5.74, 6) is 1.32. The Hall–Kier alpha value is -2.97. The first kappa shape index (κ1) is 22.3. The van der Waals surface area contributed by atoms with Crippen LogP contribution in [0.15, 0.2) is 29.3 Å². The Morgan fingerprint density at radius 2 is 1.86 bits per heavy atom. The van der Waals surface area contributed by atoms with Crippen molar-refractivity contribution in [1.82, 2.24) is 16.0 Å². The number of guanidine groups is 1. The second-order valence-electron chi connectivity index (χ2n) is 7.51.